The third-order valence-corrected chi connectivity index (χ3v) is 5.19. The SMILES string of the molecule is O=C(NC1CCC(C(=O)O)CC1)NC(c1ccccc1)C1CCCO1. The van der Waals surface area contributed by atoms with Gasteiger partial charge in [-0.1, -0.05) is 30.3 Å². The van der Waals surface area contributed by atoms with E-state index < -0.39 is 5.97 Å². The van der Waals surface area contributed by atoms with Crippen LogP contribution in [0, 0.1) is 5.92 Å². The number of urea groups is 1. The summed E-state index contributed by atoms with van der Waals surface area (Å²) >= 11 is 0. The summed E-state index contributed by atoms with van der Waals surface area (Å²) in [5, 5.41) is 15.1. The molecular weight excluding hydrogens is 320 g/mol. The van der Waals surface area contributed by atoms with Crippen molar-refractivity contribution in [3.8, 4) is 0 Å². The zero-order valence-electron chi connectivity index (χ0n) is 14.3. The number of carbonyl (C=O) groups excluding carboxylic acids is 1. The van der Waals surface area contributed by atoms with Crippen molar-refractivity contribution >= 4 is 12.0 Å². The highest BCUT2D eigenvalue weighted by molar-refractivity contribution is 5.75. The molecule has 2 atom stereocenters. The van der Waals surface area contributed by atoms with Gasteiger partial charge in [0.2, 0.25) is 0 Å². The van der Waals surface area contributed by atoms with Gasteiger partial charge in [0.15, 0.2) is 0 Å². The molecule has 1 heterocycles. The van der Waals surface area contributed by atoms with Crippen molar-refractivity contribution in [3.63, 3.8) is 0 Å². The molecule has 1 saturated heterocycles. The molecule has 3 rings (SSSR count). The Kier molecular flexibility index (Phi) is 5.91. The molecule has 2 aliphatic rings. The zero-order valence-corrected chi connectivity index (χ0v) is 14.3. The number of carboxylic acid groups (broad SMARTS) is 1. The Hall–Kier alpha value is -2.08. The van der Waals surface area contributed by atoms with Crippen molar-refractivity contribution in [2.75, 3.05) is 6.61 Å². The van der Waals surface area contributed by atoms with Gasteiger partial charge in [0, 0.05) is 12.6 Å². The fraction of sp³-hybridized carbons (Fsp3) is 0.579. The van der Waals surface area contributed by atoms with E-state index >= 15 is 0 Å². The van der Waals surface area contributed by atoms with Gasteiger partial charge < -0.3 is 20.5 Å². The van der Waals surface area contributed by atoms with E-state index in [1.807, 2.05) is 30.3 Å². The quantitative estimate of drug-likeness (QED) is 0.765. The molecule has 1 saturated carbocycles. The van der Waals surface area contributed by atoms with Crippen molar-refractivity contribution in [2.24, 2.45) is 5.92 Å². The minimum atomic E-state index is -0.731. The second-order valence-corrected chi connectivity index (χ2v) is 6.94. The van der Waals surface area contributed by atoms with Crippen molar-refractivity contribution in [3.05, 3.63) is 35.9 Å². The van der Waals surface area contributed by atoms with E-state index in [2.05, 4.69) is 10.6 Å². The molecule has 136 valence electrons. The van der Waals surface area contributed by atoms with Gasteiger partial charge in [0.25, 0.3) is 0 Å². The Morgan fingerprint density at radius 3 is 2.40 bits per heavy atom. The standard InChI is InChI=1S/C19H26N2O4/c22-18(23)14-8-10-15(11-9-14)20-19(24)21-17(16-7-4-12-25-16)13-5-2-1-3-6-13/h1-3,5-6,14-17H,4,7-12H2,(H,22,23)(H2,20,21,24). The van der Waals surface area contributed by atoms with Gasteiger partial charge in [-0.25, -0.2) is 4.79 Å². The fourth-order valence-corrected chi connectivity index (χ4v) is 3.77. The van der Waals surface area contributed by atoms with Crippen LogP contribution in [0.15, 0.2) is 30.3 Å². The number of carboxylic acids is 1. The Labute approximate surface area is 147 Å². The number of carbonyl (C=O) groups is 2. The minimum Gasteiger partial charge on any atom is -0.481 e. The summed E-state index contributed by atoms with van der Waals surface area (Å²) in [5.41, 5.74) is 1.04. The largest absolute Gasteiger partial charge is 0.481 e. The first-order chi connectivity index (χ1) is 12.1. The van der Waals surface area contributed by atoms with Crippen LogP contribution in [0.4, 0.5) is 4.79 Å². The molecule has 0 radical (unpaired) electrons. The first-order valence-corrected chi connectivity index (χ1v) is 9.10. The summed E-state index contributed by atoms with van der Waals surface area (Å²) in [4.78, 5) is 23.5. The first-order valence-electron chi connectivity index (χ1n) is 9.10. The summed E-state index contributed by atoms with van der Waals surface area (Å²) in [6.07, 6.45) is 4.60. The van der Waals surface area contributed by atoms with Gasteiger partial charge >= 0.3 is 12.0 Å². The summed E-state index contributed by atoms with van der Waals surface area (Å²) < 4.78 is 5.79. The number of benzene rings is 1. The number of hydrogen-bond donors (Lipinski definition) is 3. The molecule has 2 fully saturated rings. The van der Waals surface area contributed by atoms with Crippen molar-refractivity contribution in [1.82, 2.24) is 10.6 Å². The van der Waals surface area contributed by atoms with Crippen molar-refractivity contribution in [1.29, 1.82) is 0 Å². The predicted molar refractivity (Wildman–Crippen MR) is 93.2 cm³/mol. The van der Waals surface area contributed by atoms with E-state index in [4.69, 9.17) is 9.84 Å². The number of amides is 2. The highest BCUT2D eigenvalue weighted by Gasteiger charge is 2.30. The van der Waals surface area contributed by atoms with E-state index in [0.29, 0.717) is 25.7 Å². The van der Waals surface area contributed by atoms with Crippen molar-refractivity contribution in [2.45, 2.75) is 56.7 Å². The lowest BCUT2D eigenvalue weighted by Gasteiger charge is -2.29. The average molecular weight is 346 g/mol. The average Bonchev–Trinajstić information content (AvgIpc) is 3.15. The molecule has 2 amide bonds. The van der Waals surface area contributed by atoms with E-state index in [1.165, 1.54) is 0 Å². The maximum Gasteiger partial charge on any atom is 0.315 e. The molecule has 1 aliphatic heterocycles. The Bertz CT molecular complexity index is 578. The maximum absolute atomic E-state index is 12.5. The van der Waals surface area contributed by atoms with Gasteiger partial charge in [-0.05, 0) is 44.1 Å². The summed E-state index contributed by atoms with van der Waals surface area (Å²) in [6.45, 7) is 0.733. The monoisotopic (exact) mass is 346 g/mol. The summed E-state index contributed by atoms with van der Waals surface area (Å²) in [6, 6.07) is 9.55. The number of aliphatic carboxylic acids is 1. The van der Waals surface area contributed by atoms with E-state index in [0.717, 1.165) is 25.0 Å². The number of rotatable bonds is 5. The molecule has 1 aromatic rings. The molecule has 1 aromatic carbocycles. The Balaban J connectivity index is 1.56. The van der Waals surface area contributed by atoms with Crippen LogP contribution >= 0.6 is 0 Å². The van der Waals surface area contributed by atoms with E-state index in [1.54, 1.807) is 0 Å². The van der Waals surface area contributed by atoms with Gasteiger partial charge in [0.1, 0.15) is 0 Å². The van der Waals surface area contributed by atoms with Gasteiger partial charge in [-0.3, -0.25) is 4.79 Å². The van der Waals surface area contributed by atoms with Gasteiger partial charge in [-0.2, -0.15) is 0 Å². The number of ether oxygens (including phenoxy) is 1. The molecular formula is C19H26N2O4. The van der Waals surface area contributed by atoms with Crippen LogP contribution in [0.5, 0.6) is 0 Å². The Morgan fingerprint density at radius 1 is 1.08 bits per heavy atom. The van der Waals surface area contributed by atoms with Crippen LogP contribution in [-0.2, 0) is 9.53 Å². The van der Waals surface area contributed by atoms with Crippen LogP contribution < -0.4 is 10.6 Å². The molecule has 0 bridgehead atoms. The van der Waals surface area contributed by atoms with Crippen LogP contribution in [-0.4, -0.2) is 35.9 Å². The minimum absolute atomic E-state index is 0.00380. The van der Waals surface area contributed by atoms with Gasteiger partial charge in [-0.15, -0.1) is 0 Å². The molecule has 0 aromatic heterocycles. The topological polar surface area (TPSA) is 87.7 Å². The smallest absolute Gasteiger partial charge is 0.315 e. The molecule has 6 heteroatoms. The fourth-order valence-electron chi connectivity index (χ4n) is 3.77. The lowest BCUT2D eigenvalue weighted by atomic mass is 9.86. The second-order valence-electron chi connectivity index (χ2n) is 6.94. The van der Waals surface area contributed by atoms with Crippen molar-refractivity contribution < 1.29 is 19.4 Å². The van der Waals surface area contributed by atoms with Crippen LogP contribution in [0.2, 0.25) is 0 Å². The highest BCUT2D eigenvalue weighted by Crippen LogP contribution is 2.27. The lowest BCUT2D eigenvalue weighted by Crippen LogP contribution is -2.47. The van der Waals surface area contributed by atoms with Gasteiger partial charge in [0.05, 0.1) is 18.1 Å². The Morgan fingerprint density at radius 2 is 1.80 bits per heavy atom. The summed E-state index contributed by atoms with van der Waals surface area (Å²) in [5.74, 6) is -1.00. The van der Waals surface area contributed by atoms with E-state index in [9.17, 15) is 9.59 Å². The maximum atomic E-state index is 12.5. The molecule has 6 nitrogen and oxygen atoms in total. The second kappa shape index (κ2) is 8.34. The molecule has 25 heavy (non-hydrogen) atoms. The third-order valence-electron chi connectivity index (χ3n) is 5.19. The van der Waals surface area contributed by atoms with Crippen LogP contribution in [0.3, 0.4) is 0 Å². The lowest BCUT2D eigenvalue weighted by molar-refractivity contribution is -0.142. The van der Waals surface area contributed by atoms with Crippen LogP contribution in [0.25, 0.3) is 0 Å². The molecule has 1 aliphatic carbocycles. The first kappa shape index (κ1) is 17.7. The normalized spacial score (nSPS) is 27.4. The molecule has 0 spiro atoms. The highest BCUT2D eigenvalue weighted by atomic mass is 16.5. The molecule has 3 N–H and O–H groups in total. The third kappa shape index (κ3) is 4.72. The summed E-state index contributed by atoms with van der Waals surface area (Å²) in [7, 11) is 0. The number of nitrogens with one attached hydrogen (secondary N) is 2. The predicted octanol–water partition coefficient (Wildman–Crippen LogP) is 2.85. The van der Waals surface area contributed by atoms with E-state index in [-0.39, 0.29) is 30.1 Å². The van der Waals surface area contributed by atoms with Crippen LogP contribution in [0.1, 0.15) is 50.1 Å². The zero-order chi connectivity index (χ0) is 17.6. The number of hydrogen-bond acceptors (Lipinski definition) is 3. The molecule has 2 unspecified atom stereocenters.